The van der Waals surface area contributed by atoms with Crippen LogP contribution in [-0.4, -0.2) is 0 Å². The fourth-order valence-electron chi connectivity index (χ4n) is 5.43. The van der Waals surface area contributed by atoms with Crippen LogP contribution in [0.15, 0.2) is 29.9 Å². The van der Waals surface area contributed by atoms with Crippen molar-refractivity contribution < 1.29 is 0 Å². The van der Waals surface area contributed by atoms with E-state index < -0.39 is 0 Å². The molecule has 216 valence electrons. The van der Waals surface area contributed by atoms with E-state index in [0.717, 1.165) is 11.8 Å². The maximum absolute atomic E-state index is 4.30. The van der Waals surface area contributed by atoms with E-state index in [1.54, 1.807) is 5.56 Å². The van der Waals surface area contributed by atoms with E-state index in [-0.39, 0.29) is 0 Å². The molecule has 0 amide bonds. The maximum Gasteiger partial charge on any atom is 0 e. The minimum atomic E-state index is 0. The Hall–Kier alpha value is -2.43. The number of aryl methyl sites for hydroxylation is 2. The predicted octanol–water partition coefficient (Wildman–Crippen LogP) is 12.5. The van der Waals surface area contributed by atoms with Crippen LogP contribution in [-0.2, 0) is 6.42 Å². The number of hydrogen-bond donors (Lipinski definition) is 0. The summed E-state index contributed by atoms with van der Waals surface area (Å²) in [6.45, 7) is 31.4. The van der Waals surface area contributed by atoms with E-state index in [0.29, 0.717) is 11.8 Å². The first-order chi connectivity index (χ1) is 17.4. The van der Waals surface area contributed by atoms with Crippen molar-refractivity contribution in [1.29, 1.82) is 0 Å². The summed E-state index contributed by atoms with van der Waals surface area (Å²) in [6.07, 6.45) is 17.9. The van der Waals surface area contributed by atoms with Gasteiger partial charge in [-0.05, 0) is 57.3 Å². The van der Waals surface area contributed by atoms with Crippen molar-refractivity contribution in [3.05, 3.63) is 64.1 Å². The minimum absolute atomic E-state index is 0. The molecule has 0 nitrogen and oxygen atoms in total. The molecule has 0 saturated heterocycles. The van der Waals surface area contributed by atoms with Crippen LogP contribution in [0, 0.1) is 38.0 Å². The van der Waals surface area contributed by atoms with Crippen LogP contribution >= 0.6 is 0 Å². The van der Waals surface area contributed by atoms with Crippen LogP contribution in [0.1, 0.15) is 161 Å². The van der Waals surface area contributed by atoms with E-state index in [4.69, 9.17) is 0 Å². The third-order valence-corrected chi connectivity index (χ3v) is 7.83. The average Bonchev–Trinajstić information content (AvgIpc) is 2.82. The van der Waals surface area contributed by atoms with Gasteiger partial charge >= 0.3 is 0 Å². The predicted molar refractivity (Wildman–Crippen MR) is 172 cm³/mol. The molecule has 0 aliphatic heterocycles. The van der Waals surface area contributed by atoms with Crippen molar-refractivity contribution in [3.8, 4) is 0 Å². The van der Waals surface area contributed by atoms with Gasteiger partial charge in [0, 0.05) is 0 Å². The summed E-state index contributed by atoms with van der Waals surface area (Å²) < 4.78 is 0. The van der Waals surface area contributed by atoms with E-state index >= 15 is 0 Å². The summed E-state index contributed by atoms with van der Waals surface area (Å²) in [4.78, 5) is 0. The molecule has 2 unspecified atom stereocenters. The van der Waals surface area contributed by atoms with E-state index in [1.165, 1.54) is 97.6 Å². The summed E-state index contributed by atoms with van der Waals surface area (Å²) in [5.74, 6) is 2.86. The Morgan fingerprint density at radius 1 is 0.947 bits per heavy atom. The standard InChI is InChI=1S/C24H35.C9H20.C4H10.Rf/c1-8-10-11-20-15-18(6)24(19(7)21(20)9-2)23-14-17(5)12-13-22(23)16(3)4;1-8(2)6-5-7-9(3)4;1-3-4-2;/h9,14-15,22-23H,3,8,10-13H2,1-2,4-7H3;8-9H,5-7H2,1-4H3;3-4H2,1-2H3;/q-1;;;. The first-order valence-corrected chi connectivity index (χ1v) is 15.7. The van der Waals surface area contributed by atoms with Crippen molar-refractivity contribution in [2.75, 3.05) is 0 Å². The van der Waals surface area contributed by atoms with E-state index in [2.05, 4.69) is 108 Å². The van der Waals surface area contributed by atoms with Gasteiger partial charge < -0.3 is 0 Å². The summed E-state index contributed by atoms with van der Waals surface area (Å²) in [5, 5.41) is 0. The molecular formula is C37H65Rf-. The molecule has 2 rings (SSSR count). The van der Waals surface area contributed by atoms with Gasteiger partial charge in [0.1, 0.15) is 0 Å². The summed E-state index contributed by atoms with van der Waals surface area (Å²) in [5.41, 5.74) is 10.4. The quantitative estimate of drug-likeness (QED) is 0.155. The molecule has 0 saturated carbocycles. The Morgan fingerprint density at radius 3 is 1.92 bits per heavy atom. The van der Waals surface area contributed by atoms with Crippen LogP contribution < -0.4 is 0 Å². The molecular weight excluding hydrogens is 711 g/mol. The Kier molecular flexibility index (Phi) is 20.4. The SMILES string of the molecule is C=C(C)C1CCC(C)=CC1c1c(C)cc(CCCC)c([CH-]C)c1C.CC(C)CCCC(C)C.CCCC.[Rf]. The van der Waals surface area contributed by atoms with Crippen LogP contribution in [0.5, 0.6) is 0 Å². The second kappa shape index (κ2) is 20.5. The smallest absolute Gasteiger partial charge is 0 e. The normalized spacial score (nSPS) is 16.5. The molecule has 1 aliphatic rings. The van der Waals surface area contributed by atoms with E-state index in [1.807, 2.05) is 0 Å². The molecule has 0 heterocycles. The summed E-state index contributed by atoms with van der Waals surface area (Å²) >= 11 is 0. The van der Waals surface area contributed by atoms with Gasteiger partial charge in [-0.2, -0.15) is 12.0 Å². The molecule has 0 spiro atoms. The number of rotatable bonds is 11. The number of benzene rings is 1. The zero-order valence-corrected chi connectivity index (χ0v) is 34.4. The maximum atomic E-state index is 4.30. The van der Waals surface area contributed by atoms with Crippen LogP contribution in [0.2, 0.25) is 0 Å². The van der Waals surface area contributed by atoms with Gasteiger partial charge in [0.05, 0.1) is 0 Å². The van der Waals surface area contributed by atoms with Crippen LogP contribution in [0.4, 0.5) is 0 Å². The third-order valence-electron chi connectivity index (χ3n) is 7.83. The number of unbranched alkanes of at least 4 members (excludes halogenated alkanes) is 2. The molecule has 38 heavy (non-hydrogen) atoms. The number of allylic oxidation sites excluding steroid dienone is 3. The molecule has 0 bridgehead atoms. The van der Waals surface area contributed by atoms with Crippen molar-refractivity contribution in [1.82, 2.24) is 0 Å². The third kappa shape index (κ3) is 13.4. The first kappa shape index (κ1) is 37.7. The van der Waals surface area contributed by atoms with Crippen molar-refractivity contribution in [2.24, 2.45) is 17.8 Å². The van der Waals surface area contributed by atoms with Gasteiger partial charge in [0.2, 0.25) is 0 Å². The van der Waals surface area contributed by atoms with Gasteiger partial charge in [-0.1, -0.05) is 149 Å². The van der Waals surface area contributed by atoms with Crippen molar-refractivity contribution in [3.63, 3.8) is 0 Å². The Morgan fingerprint density at radius 2 is 1.50 bits per heavy atom. The molecule has 0 fully saturated rings. The van der Waals surface area contributed by atoms with Gasteiger partial charge in [-0.15, -0.1) is 17.2 Å². The molecule has 2 atom stereocenters. The largest absolute Gasteiger partial charge is 0.187 e. The van der Waals surface area contributed by atoms with Gasteiger partial charge in [-0.25, -0.2) is 0 Å². The molecule has 1 aromatic rings. The molecule has 1 heteroatoms. The van der Waals surface area contributed by atoms with Crippen LogP contribution in [0.3, 0.4) is 0 Å². The summed E-state index contributed by atoms with van der Waals surface area (Å²) in [7, 11) is 0. The second-order valence-electron chi connectivity index (χ2n) is 12.4. The fraction of sp³-hybridized carbons (Fsp3) is 0.703. The van der Waals surface area contributed by atoms with Gasteiger partial charge in [0.15, 0.2) is 0 Å². The fourth-order valence-corrected chi connectivity index (χ4v) is 5.43. The molecule has 1 aromatic carbocycles. The second-order valence-corrected chi connectivity index (χ2v) is 12.4. The summed E-state index contributed by atoms with van der Waals surface area (Å²) in [6, 6.07) is 2.46. The van der Waals surface area contributed by atoms with Crippen molar-refractivity contribution in [2.45, 2.75) is 153 Å². The Labute approximate surface area is 234 Å². The molecule has 0 N–H and O–H groups in total. The van der Waals surface area contributed by atoms with Crippen LogP contribution in [0.25, 0.3) is 0 Å². The average molecular weight is 777 g/mol. The Balaban J connectivity index is 0. The topological polar surface area (TPSA) is 0 Å². The number of hydrogen-bond acceptors (Lipinski definition) is 0. The van der Waals surface area contributed by atoms with Crippen molar-refractivity contribution >= 4 is 0 Å². The Bertz CT molecular complexity index is 785. The minimum Gasteiger partial charge on any atom is -0.187 e. The van der Waals surface area contributed by atoms with Gasteiger partial charge in [-0.3, -0.25) is 0 Å². The van der Waals surface area contributed by atoms with E-state index in [9.17, 15) is 0 Å². The molecule has 0 radical (unpaired) electrons. The first-order valence-electron chi connectivity index (χ1n) is 15.7. The van der Waals surface area contributed by atoms with Gasteiger partial charge in [0.25, 0.3) is 0 Å². The molecule has 1 aliphatic carbocycles. The zero-order valence-electron chi connectivity index (χ0n) is 28.0. The zero-order chi connectivity index (χ0) is 28.5. The monoisotopic (exact) mass is 777 g/mol. The molecule has 0 aromatic heterocycles.